The van der Waals surface area contributed by atoms with Gasteiger partial charge < -0.3 is 15.8 Å². The van der Waals surface area contributed by atoms with Crippen molar-refractivity contribution in [2.45, 2.75) is 37.9 Å². The van der Waals surface area contributed by atoms with E-state index in [-0.39, 0.29) is 0 Å². The van der Waals surface area contributed by atoms with Crippen LogP contribution in [0.2, 0.25) is 0 Å². The molecule has 2 atom stereocenters. The van der Waals surface area contributed by atoms with E-state index in [1.807, 2.05) is 12.1 Å². The molecule has 3 N–H and O–H groups in total. The minimum absolute atomic E-state index is 0.332. The second-order valence-corrected chi connectivity index (χ2v) is 4.43. The van der Waals surface area contributed by atoms with Crippen LogP contribution in [0, 0.1) is 0 Å². The average molecular weight is 220 g/mol. The van der Waals surface area contributed by atoms with Gasteiger partial charge in [0.05, 0.1) is 7.11 Å². The molecule has 1 aliphatic carbocycles. The van der Waals surface area contributed by atoms with Crippen LogP contribution in [0.15, 0.2) is 24.3 Å². The van der Waals surface area contributed by atoms with Crippen LogP contribution in [0.4, 0.5) is 0 Å². The van der Waals surface area contributed by atoms with E-state index in [1.165, 1.54) is 18.4 Å². The lowest BCUT2D eigenvalue weighted by Crippen LogP contribution is -2.40. The van der Waals surface area contributed by atoms with Crippen LogP contribution in [-0.2, 0) is 6.54 Å². The van der Waals surface area contributed by atoms with Crippen LogP contribution in [0.25, 0.3) is 0 Å². The number of hydrogen-bond donors (Lipinski definition) is 2. The minimum Gasteiger partial charge on any atom is -0.497 e. The summed E-state index contributed by atoms with van der Waals surface area (Å²) in [5.41, 5.74) is 7.28. The van der Waals surface area contributed by atoms with Gasteiger partial charge in [-0.2, -0.15) is 0 Å². The summed E-state index contributed by atoms with van der Waals surface area (Å²) in [4.78, 5) is 0. The van der Waals surface area contributed by atoms with Crippen molar-refractivity contribution in [3.05, 3.63) is 29.8 Å². The van der Waals surface area contributed by atoms with Crippen LogP contribution in [0.5, 0.6) is 5.75 Å². The molecule has 0 spiro atoms. The van der Waals surface area contributed by atoms with Crippen LogP contribution in [0.1, 0.15) is 24.8 Å². The highest BCUT2D eigenvalue weighted by molar-refractivity contribution is 5.27. The van der Waals surface area contributed by atoms with Crippen LogP contribution in [0.3, 0.4) is 0 Å². The molecule has 0 aliphatic heterocycles. The first kappa shape index (κ1) is 11.4. The normalized spacial score (nSPS) is 24.6. The molecule has 0 radical (unpaired) electrons. The number of nitrogens with two attached hydrogens (primary N) is 1. The topological polar surface area (TPSA) is 47.3 Å². The summed E-state index contributed by atoms with van der Waals surface area (Å²) in [5.74, 6) is 0.904. The van der Waals surface area contributed by atoms with Crippen LogP contribution < -0.4 is 15.8 Å². The zero-order valence-corrected chi connectivity index (χ0v) is 9.78. The third-order valence-corrected chi connectivity index (χ3v) is 3.30. The van der Waals surface area contributed by atoms with E-state index < -0.39 is 0 Å². The molecule has 0 bridgehead atoms. The Kier molecular flexibility index (Phi) is 3.80. The number of methoxy groups -OCH3 is 1. The molecule has 0 heterocycles. The second-order valence-electron chi connectivity index (χ2n) is 4.43. The summed E-state index contributed by atoms with van der Waals surface area (Å²) in [6.45, 7) is 0.891. The Hall–Kier alpha value is -1.06. The average Bonchev–Trinajstić information content (AvgIpc) is 2.73. The van der Waals surface area contributed by atoms with Gasteiger partial charge in [0, 0.05) is 18.6 Å². The van der Waals surface area contributed by atoms with E-state index in [0.717, 1.165) is 18.7 Å². The molecule has 1 aliphatic rings. The highest BCUT2D eigenvalue weighted by Gasteiger charge is 2.22. The van der Waals surface area contributed by atoms with E-state index >= 15 is 0 Å². The maximum Gasteiger partial charge on any atom is 0.118 e. The molecule has 0 unspecified atom stereocenters. The first-order chi connectivity index (χ1) is 7.79. The summed E-state index contributed by atoms with van der Waals surface area (Å²) >= 11 is 0. The summed E-state index contributed by atoms with van der Waals surface area (Å²) in [6, 6.07) is 8.98. The quantitative estimate of drug-likeness (QED) is 0.811. The van der Waals surface area contributed by atoms with Crippen LogP contribution >= 0.6 is 0 Å². The predicted molar refractivity (Wildman–Crippen MR) is 65.4 cm³/mol. The van der Waals surface area contributed by atoms with Crippen LogP contribution in [-0.4, -0.2) is 19.2 Å². The minimum atomic E-state index is 0.332. The Morgan fingerprint density at radius 3 is 2.62 bits per heavy atom. The van der Waals surface area contributed by atoms with E-state index in [2.05, 4.69) is 17.4 Å². The van der Waals surface area contributed by atoms with Crippen molar-refractivity contribution >= 4 is 0 Å². The zero-order chi connectivity index (χ0) is 11.4. The van der Waals surface area contributed by atoms with Gasteiger partial charge in [0.2, 0.25) is 0 Å². The zero-order valence-electron chi connectivity index (χ0n) is 9.78. The molecule has 0 amide bonds. The Morgan fingerprint density at radius 2 is 2.06 bits per heavy atom. The van der Waals surface area contributed by atoms with Gasteiger partial charge in [-0.15, -0.1) is 0 Å². The largest absolute Gasteiger partial charge is 0.497 e. The molecule has 0 saturated heterocycles. The number of hydrogen-bond acceptors (Lipinski definition) is 3. The van der Waals surface area contributed by atoms with E-state index in [9.17, 15) is 0 Å². The molecule has 88 valence electrons. The molecule has 1 fully saturated rings. The molecule has 0 aromatic heterocycles. The number of rotatable bonds is 4. The van der Waals surface area contributed by atoms with Gasteiger partial charge in [-0.05, 0) is 30.5 Å². The molecule has 1 aromatic rings. The van der Waals surface area contributed by atoms with Crippen molar-refractivity contribution in [2.24, 2.45) is 5.73 Å². The van der Waals surface area contributed by atoms with Gasteiger partial charge in [-0.25, -0.2) is 0 Å². The monoisotopic (exact) mass is 220 g/mol. The number of ether oxygens (including phenoxy) is 1. The molecule has 3 heteroatoms. The van der Waals surface area contributed by atoms with Crippen molar-refractivity contribution in [2.75, 3.05) is 7.11 Å². The van der Waals surface area contributed by atoms with E-state index in [1.54, 1.807) is 7.11 Å². The standard InChI is InChI=1S/C13H20N2O/c1-16-11-7-5-10(6-8-11)9-15-13-4-2-3-12(13)14/h5-8,12-13,15H,2-4,9,14H2,1H3/t12-,13+/m1/s1. The van der Waals surface area contributed by atoms with Crippen molar-refractivity contribution in [1.82, 2.24) is 5.32 Å². The highest BCUT2D eigenvalue weighted by atomic mass is 16.5. The predicted octanol–water partition coefficient (Wildman–Crippen LogP) is 1.66. The van der Waals surface area contributed by atoms with Gasteiger partial charge in [0.15, 0.2) is 0 Å². The Morgan fingerprint density at radius 1 is 1.31 bits per heavy atom. The summed E-state index contributed by atoms with van der Waals surface area (Å²) in [5, 5.41) is 3.52. The number of benzene rings is 1. The maximum absolute atomic E-state index is 6.01. The Balaban J connectivity index is 1.84. The van der Waals surface area contributed by atoms with Gasteiger partial charge >= 0.3 is 0 Å². The lowest BCUT2D eigenvalue weighted by Gasteiger charge is -2.17. The molecular formula is C13H20N2O. The van der Waals surface area contributed by atoms with Gasteiger partial charge in [0.25, 0.3) is 0 Å². The fourth-order valence-corrected chi connectivity index (χ4v) is 2.23. The Labute approximate surface area is 97.0 Å². The van der Waals surface area contributed by atoms with E-state index in [0.29, 0.717) is 12.1 Å². The van der Waals surface area contributed by atoms with Crippen molar-refractivity contribution in [3.63, 3.8) is 0 Å². The summed E-state index contributed by atoms with van der Waals surface area (Å²) in [7, 11) is 1.69. The molecular weight excluding hydrogens is 200 g/mol. The van der Waals surface area contributed by atoms with Crippen molar-refractivity contribution < 1.29 is 4.74 Å². The van der Waals surface area contributed by atoms with Gasteiger partial charge in [-0.3, -0.25) is 0 Å². The van der Waals surface area contributed by atoms with Crippen molar-refractivity contribution in [3.8, 4) is 5.75 Å². The third-order valence-electron chi connectivity index (χ3n) is 3.30. The fraction of sp³-hybridized carbons (Fsp3) is 0.538. The molecule has 1 saturated carbocycles. The Bertz CT molecular complexity index is 323. The second kappa shape index (κ2) is 5.32. The molecule has 1 aromatic carbocycles. The van der Waals surface area contributed by atoms with Gasteiger partial charge in [-0.1, -0.05) is 18.6 Å². The molecule has 16 heavy (non-hydrogen) atoms. The number of nitrogens with one attached hydrogen (secondary N) is 1. The lowest BCUT2D eigenvalue weighted by atomic mass is 10.1. The highest BCUT2D eigenvalue weighted by Crippen LogP contribution is 2.18. The van der Waals surface area contributed by atoms with E-state index in [4.69, 9.17) is 10.5 Å². The summed E-state index contributed by atoms with van der Waals surface area (Å²) < 4.78 is 5.12. The third kappa shape index (κ3) is 2.74. The SMILES string of the molecule is COc1ccc(CN[C@H]2CCC[C@H]2N)cc1. The molecule has 3 nitrogen and oxygen atoms in total. The maximum atomic E-state index is 6.01. The van der Waals surface area contributed by atoms with Crippen molar-refractivity contribution in [1.29, 1.82) is 0 Å². The lowest BCUT2D eigenvalue weighted by molar-refractivity contribution is 0.414. The smallest absolute Gasteiger partial charge is 0.118 e. The first-order valence-electron chi connectivity index (χ1n) is 5.91. The van der Waals surface area contributed by atoms with Gasteiger partial charge in [0.1, 0.15) is 5.75 Å². The fourth-order valence-electron chi connectivity index (χ4n) is 2.23. The molecule has 2 rings (SSSR count). The first-order valence-corrected chi connectivity index (χ1v) is 5.91. The summed E-state index contributed by atoms with van der Waals surface area (Å²) in [6.07, 6.45) is 3.61.